The standard InChI is InChI=1S/C30H29F5O/c1-3-20-11-13-25(30(35)27(20)32)24-12-8-19(16-26(24)31)5-4-18-6-9-21(10-7-18)23-15-14-22(17(2)36)28(33)29(23)34/h3,8,11-18,21,36H,1,4-7,9-10H2,2H3. The number of halogens is 5. The zero-order valence-corrected chi connectivity index (χ0v) is 20.1. The fraction of sp³-hybridized carbons (Fsp3) is 0.333. The summed E-state index contributed by atoms with van der Waals surface area (Å²) in [5.74, 6) is -4.31. The molecule has 3 aromatic rings. The third kappa shape index (κ3) is 5.24. The summed E-state index contributed by atoms with van der Waals surface area (Å²) in [5, 5.41) is 9.59. The van der Waals surface area contributed by atoms with Crippen LogP contribution < -0.4 is 0 Å². The van der Waals surface area contributed by atoms with Gasteiger partial charge in [-0.15, -0.1) is 0 Å². The highest BCUT2D eigenvalue weighted by Crippen LogP contribution is 2.40. The SMILES string of the molecule is C=Cc1ccc(-c2ccc(CCC3CCC(c4ccc(C(C)O)c(F)c4F)CC3)cc2F)c(F)c1F. The van der Waals surface area contributed by atoms with Crippen molar-refractivity contribution in [1.82, 2.24) is 0 Å². The van der Waals surface area contributed by atoms with Crippen molar-refractivity contribution in [1.29, 1.82) is 0 Å². The molecule has 1 aliphatic carbocycles. The summed E-state index contributed by atoms with van der Waals surface area (Å²) in [4.78, 5) is 0. The van der Waals surface area contributed by atoms with Crippen LogP contribution in [0.3, 0.4) is 0 Å². The first-order valence-electron chi connectivity index (χ1n) is 12.3. The molecule has 1 N–H and O–H groups in total. The molecule has 1 saturated carbocycles. The van der Waals surface area contributed by atoms with Crippen molar-refractivity contribution in [2.75, 3.05) is 0 Å². The Morgan fingerprint density at radius 3 is 2.19 bits per heavy atom. The minimum absolute atomic E-state index is 0.00198. The summed E-state index contributed by atoms with van der Waals surface area (Å²) in [5.41, 5.74) is 0.979. The van der Waals surface area contributed by atoms with Crippen LogP contribution in [0.2, 0.25) is 0 Å². The van der Waals surface area contributed by atoms with E-state index in [1.54, 1.807) is 12.1 Å². The number of hydrogen-bond acceptors (Lipinski definition) is 1. The first-order valence-corrected chi connectivity index (χ1v) is 12.3. The summed E-state index contributed by atoms with van der Waals surface area (Å²) >= 11 is 0. The zero-order chi connectivity index (χ0) is 26.0. The maximum absolute atomic E-state index is 14.8. The summed E-state index contributed by atoms with van der Waals surface area (Å²) in [6.07, 6.45) is 4.75. The van der Waals surface area contributed by atoms with E-state index in [9.17, 15) is 27.1 Å². The minimum atomic E-state index is -1.10. The summed E-state index contributed by atoms with van der Waals surface area (Å²) in [7, 11) is 0. The lowest BCUT2D eigenvalue weighted by Crippen LogP contribution is -2.16. The van der Waals surface area contributed by atoms with Crippen molar-refractivity contribution >= 4 is 6.08 Å². The third-order valence-electron chi connectivity index (χ3n) is 7.38. The maximum atomic E-state index is 14.8. The van der Waals surface area contributed by atoms with Crippen LogP contribution in [-0.2, 0) is 6.42 Å². The van der Waals surface area contributed by atoms with Crippen molar-refractivity contribution in [2.45, 2.75) is 57.5 Å². The van der Waals surface area contributed by atoms with Crippen LogP contribution in [-0.4, -0.2) is 5.11 Å². The van der Waals surface area contributed by atoms with Crippen molar-refractivity contribution in [3.63, 3.8) is 0 Å². The molecule has 4 rings (SSSR count). The van der Waals surface area contributed by atoms with Crippen LogP contribution in [0.15, 0.2) is 49.0 Å². The zero-order valence-electron chi connectivity index (χ0n) is 20.1. The molecule has 1 unspecified atom stereocenters. The monoisotopic (exact) mass is 500 g/mol. The van der Waals surface area contributed by atoms with Gasteiger partial charge in [0.05, 0.1) is 6.10 Å². The van der Waals surface area contributed by atoms with Gasteiger partial charge in [0.1, 0.15) is 5.82 Å². The van der Waals surface area contributed by atoms with Crippen molar-refractivity contribution in [2.24, 2.45) is 5.92 Å². The summed E-state index contributed by atoms with van der Waals surface area (Å²) in [6.45, 7) is 4.84. The molecule has 0 bridgehead atoms. The van der Waals surface area contributed by atoms with E-state index < -0.39 is 35.2 Å². The van der Waals surface area contributed by atoms with Gasteiger partial charge in [-0.1, -0.05) is 49.1 Å². The highest BCUT2D eigenvalue weighted by atomic mass is 19.2. The second-order valence-corrected chi connectivity index (χ2v) is 9.65. The molecule has 190 valence electrons. The molecule has 36 heavy (non-hydrogen) atoms. The van der Waals surface area contributed by atoms with E-state index in [0.717, 1.165) is 37.7 Å². The Morgan fingerprint density at radius 1 is 0.861 bits per heavy atom. The summed E-state index contributed by atoms with van der Waals surface area (Å²) in [6, 6.07) is 10.3. The van der Waals surface area contributed by atoms with E-state index in [2.05, 4.69) is 6.58 Å². The Hall–Kier alpha value is -2.99. The molecule has 0 saturated heterocycles. The molecule has 0 radical (unpaired) electrons. The predicted molar refractivity (Wildman–Crippen MR) is 132 cm³/mol. The van der Waals surface area contributed by atoms with Gasteiger partial charge in [0, 0.05) is 22.3 Å². The van der Waals surface area contributed by atoms with Crippen LogP contribution in [0.1, 0.15) is 73.3 Å². The Labute approximate surface area is 208 Å². The highest BCUT2D eigenvalue weighted by Gasteiger charge is 2.27. The van der Waals surface area contributed by atoms with Gasteiger partial charge in [0.15, 0.2) is 23.3 Å². The highest BCUT2D eigenvalue weighted by molar-refractivity contribution is 5.67. The van der Waals surface area contributed by atoms with Gasteiger partial charge in [-0.2, -0.15) is 0 Å². The second-order valence-electron chi connectivity index (χ2n) is 9.65. The maximum Gasteiger partial charge on any atom is 0.167 e. The van der Waals surface area contributed by atoms with Crippen LogP contribution >= 0.6 is 0 Å². The molecule has 0 aromatic heterocycles. The van der Waals surface area contributed by atoms with Gasteiger partial charge >= 0.3 is 0 Å². The largest absolute Gasteiger partial charge is 0.389 e. The predicted octanol–water partition coefficient (Wildman–Crippen LogP) is 8.65. The Balaban J connectivity index is 1.37. The van der Waals surface area contributed by atoms with Crippen molar-refractivity contribution in [3.05, 3.63) is 100 Å². The van der Waals surface area contributed by atoms with Crippen LogP contribution in [0.25, 0.3) is 17.2 Å². The lowest BCUT2D eigenvalue weighted by Gasteiger charge is -2.29. The topological polar surface area (TPSA) is 20.2 Å². The van der Waals surface area contributed by atoms with Crippen molar-refractivity contribution < 1.29 is 27.1 Å². The molecule has 1 atom stereocenters. The Morgan fingerprint density at radius 2 is 1.56 bits per heavy atom. The molecule has 6 heteroatoms. The smallest absolute Gasteiger partial charge is 0.167 e. The van der Waals surface area contributed by atoms with Gasteiger partial charge in [0.25, 0.3) is 0 Å². The normalized spacial score (nSPS) is 18.8. The number of aliphatic hydroxyl groups excluding tert-OH is 1. The Kier molecular flexibility index (Phi) is 7.94. The number of aryl methyl sites for hydroxylation is 1. The molecule has 0 aliphatic heterocycles. The number of aliphatic hydroxyl groups is 1. The molecule has 1 fully saturated rings. The molecule has 0 amide bonds. The van der Waals surface area contributed by atoms with Gasteiger partial charge in [-0.3, -0.25) is 0 Å². The van der Waals surface area contributed by atoms with Crippen LogP contribution in [0.4, 0.5) is 22.0 Å². The number of hydrogen-bond donors (Lipinski definition) is 1. The van der Waals surface area contributed by atoms with Crippen LogP contribution in [0.5, 0.6) is 0 Å². The van der Waals surface area contributed by atoms with Crippen molar-refractivity contribution in [3.8, 4) is 11.1 Å². The van der Waals surface area contributed by atoms with E-state index in [1.165, 1.54) is 43.3 Å². The van der Waals surface area contributed by atoms with Crippen LogP contribution in [0, 0.1) is 35.0 Å². The molecule has 1 aliphatic rings. The lowest BCUT2D eigenvalue weighted by molar-refractivity contribution is 0.192. The first-order chi connectivity index (χ1) is 17.2. The quantitative estimate of drug-likeness (QED) is 0.322. The Bertz CT molecular complexity index is 1260. The fourth-order valence-electron chi connectivity index (χ4n) is 5.21. The van der Waals surface area contributed by atoms with Gasteiger partial charge in [-0.05, 0) is 74.5 Å². The van der Waals surface area contributed by atoms with E-state index in [0.29, 0.717) is 17.9 Å². The average molecular weight is 501 g/mol. The van der Waals surface area contributed by atoms with E-state index >= 15 is 0 Å². The first kappa shape index (κ1) is 26.1. The minimum Gasteiger partial charge on any atom is -0.389 e. The van der Waals surface area contributed by atoms with Gasteiger partial charge in [-0.25, -0.2) is 22.0 Å². The van der Waals surface area contributed by atoms with Gasteiger partial charge in [0.2, 0.25) is 0 Å². The molecule has 1 nitrogen and oxygen atoms in total. The number of benzene rings is 3. The fourth-order valence-corrected chi connectivity index (χ4v) is 5.21. The van der Waals surface area contributed by atoms with Gasteiger partial charge < -0.3 is 5.11 Å². The second kappa shape index (κ2) is 11.0. The lowest BCUT2D eigenvalue weighted by atomic mass is 9.76. The molecule has 0 spiro atoms. The molecule has 0 heterocycles. The molecular weight excluding hydrogens is 471 g/mol. The van der Waals surface area contributed by atoms with E-state index in [-0.39, 0.29) is 28.2 Å². The van der Waals surface area contributed by atoms with E-state index in [4.69, 9.17) is 0 Å². The summed E-state index contributed by atoms with van der Waals surface area (Å²) < 4.78 is 72.2. The average Bonchev–Trinajstić information content (AvgIpc) is 2.86. The third-order valence-corrected chi connectivity index (χ3v) is 7.38. The van der Waals surface area contributed by atoms with E-state index in [1.807, 2.05) is 0 Å². The molecule has 3 aromatic carbocycles. The number of rotatable bonds is 7. The molecular formula is C30H29F5O.